The molecule has 0 fully saturated rings. The van der Waals surface area contributed by atoms with Crippen LogP contribution in [-0.4, -0.2) is 6.21 Å². The second-order valence-electron chi connectivity index (χ2n) is 3.48. The predicted octanol–water partition coefficient (Wildman–Crippen LogP) is 3.66. The number of halogens is 2. The maximum absolute atomic E-state index is 12.8. The molecule has 0 saturated carbocycles. The lowest BCUT2D eigenvalue weighted by atomic mass is 10.2. The number of nitrogens with zero attached hydrogens (tertiary/aromatic N) is 1. The van der Waals surface area contributed by atoms with Gasteiger partial charge in [-0.1, -0.05) is 18.5 Å². The summed E-state index contributed by atoms with van der Waals surface area (Å²) in [6.07, 6.45) is 4.68. The number of oxime groups is 1. The Labute approximate surface area is 93.9 Å². The van der Waals surface area contributed by atoms with Crippen LogP contribution < -0.4 is 0 Å². The summed E-state index contributed by atoms with van der Waals surface area (Å²) in [5, 5.41) is 3.69. The van der Waals surface area contributed by atoms with Crippen LogP contribution in [0.3, 0.4) is 0 Å². The van der Waals surface area contributed by atoms with Gasteiger partial charge in [0, 0.05) is 12.3 Å². The van der Waals surface area contributed by atoms with Gasteiger partial charge in [0.1, 0.15) is 18.2 Å². The molecule has 0 spiro atoms. The lowest BCUT2D eigenvalue weighted by Gasteiger charge is -2.00. The molecule has 2 nitrogen and oxygen atoms in total. The third-order valence-electron chi connectivity index (χ3n) is 1.99. The van der Waals surface area contributed by atoms with Crippen LogP contribution in [-0.2, 0) is 11.4 Å². The van der Waals surface area contributed by atoms with Crippen molar-refractivity contribution in [2.24, 2.45) is 5.16 Å². The van der Waals surface area contributed by atoms with Crippen molar-refractivity contribution in [1.29, 1.82) is 0 Å². The summed E-state index contributed by atoms with van der Waals surface area (Å²) >= 11 is 0. The summed E-state index contributed by atoms with van der Waals surface area (Å²) in [6.45, 7) is 2.17. The zero-order chi connectivity index (χ0) is 11.8. The molecular formula is C12H15F2NO. The molecule has 0 amide bonds. The molecule has 0 unspecified atom stereocenters. The minimum Gasteiger partial charge on any atom is -0.391 e. The molecule has 0 heterocycles. The first-order valence-electron chi connectivity index (χ1n) is 5.31. The quantitative estimate of drug-likeness (QED) is 0.413. The van der Waals surface area contributed by atoms with Crippen molar-refractivity contribution in [3.8, 4) is 0 Å². The van der Waals surface area contributed by atoms with Crippen LogP contribution in [0.2, 0.25) is 0 Å². The highest BCUT2D eigenvalue weighted by atomic mass is 19.1. The zero-order valence-electron chi connectivity index (χ0n) is 9.25. The highest BCUT2D eigenvalue weighted by Crippen LogP contribution is 2.08. The summed E-state index contributed by atoms with van der Waals surface area (Å²) in [7, 11) is 0. The Kier molecular flexibility index (Phi) is 5.46. The van der Waals surface area contributed by atoms with Gasteiger partial charge in [0.05, 0.1) is 0 Å². The van der Waals surface area contributed by atoms with E-state index < -0.39 is 11.6 Å². The van der Waals surface area contributed by atoms with Gasteiger partial charge in [-0.25, -0.2) is 8.78 Å². The van der Waals surface area contributed by atoms with Crippen molar-refractivity contribution in [2.75, 3.05) is 0 Å². The van der Waals surface area contributed by atoms with Gasteiger partial charge in [0.25, 0.3) is 0 Å². The predicted molar refractivity (Wildman–Crippen MR) is 59.2 cm³/mol. The topological polar surface area (TPSA) is 21.6 Å². The van der Waals surface area contributed by atoms with Crippen LogP contribution in [0.25, 0.3) is 0 Å². The number of hydrogen-bond donors (Lipinski definition) is 0. The Morgan fingerprint density at radius 1 is 1.25 bits per heavy atom. The largest absolute Gasteiger partial charge is 0.391 e. The van der Waals surface area contributed by atoms with Gasteiger partial charge in [0.2, 0.25) is 0 Å². The first kappa shape index (κ1) is 12.6. The lowest BCUT2D eigenvalue weighted by Crippen LogP contribution is -1.91. The van der Waals surface area contributed by atoms with E-state index >= 15 is 0 Å². The standard InChI is InChI=1S/C12H15F2NO/c1-2-3-4-5-15-16-9-10-6-11(13)8-12(14)7-10/h5-8H,2-4,9H2,1H3. The van der Waals surface area contributed by atoms with Crippen LogP contribution in [0.5, 0.6) is 0 Å². The molecule has 0 N–H and O–H groups in total. The van der Waals surface area contributed by atoms with E-state index in [-0.39, 0.29) is 6.61 Å². The van der Waals surface area contributed by atoms with Crippen molar-refractivity contribution in [3.05, 3.63) is 35.4 Å². The molecule has 0 bridgehead atoms. The number of unbranched alkanes of at least 4 members (excludes halogenated alkanes) is 2. The van der Waals surface area contributed by atoms with Crippen LogP contribution in [0.1, 0.15) is 31.7 Å². The number of benzene rings is 1. The Hall–Kier alpha value is -1.45. The Balaban J connectivity index is 2.34. The number of hydrogen-bond acceptors (Lipinski definition) is 2. The smallest absolute Gasteiger partial charge is 0.142 e. The molecule has 0 aromatic heterocycles. The van der Waals surface area contributed by atoms with Gasteiger partial charge in [-0.05, 0) is 30.5 Å². The van der Waals surface area contributed by atoms with Gasteiger partial charge < -0.3 is 4.84 Å². The molecule has 0 aliphatic heterocycles. The Morgan fingerprint density at radius 2 is 1.94 bits per heavy atom. The van der Waals surface area contributed by atoms with Crippen molar-refractivity contribution in [1.82, 2.24) is 0 Å². The van der Waals surface area contributed by atoms with E-state index in [4.69, 9.17) is 4.84 Å². The molecule has 4 heteroatoms. The fourth-order valence-electron chi connectivity index (χ4n) is 1.21. The summed E-state index contributed by atoms with van der Waals surface area (Å²) in [6, 6.07) is 3.28. The SMILES string of the molecule is CCCCC=NOCc1cc(F)cc(F)c1. The molecule has 1 rings (SSSR count). The average molecular weight is 227 g/mol. The van der Waals surface area contributed by atoms with Crippen LogP contribution in [0, 0.1) is 11.6 Å². The molecule has 0 aliphatic rings. The molecule has 0 aliphatic carbocycles. The molecule has 0 atom stereocenters. The van der Waals surface area contributed by atoms with Gasteiger partial charge in [-0.3, -0.25) is 0 Å². The maximum atomic E-state index is 12.8. The molecule has 1 aromatic carbocycles. The van der Waals surface area contributed by atoms with Crippen molar-refractivity contribution in [3.63, 3.8) is 0 Å². The van der Waals surface area contributed by atoms with Gasteiger partial charge in [-0.15, -0.1) is 0 Å². The van der Waals surface area contributed by atoms with E-state index in [0.29, 0.717) is 5.56 Å². The first-order valence-corrected chi connectivity index (χ1v) is 5.31. The highest BCUT2D eigenvalue weighted by Gasteiger charge is 2.00. The highest BCUT2D eigenvalue weighted by molar-refractivity contribution is 5.56. The minimum atomic E-state index is -0.603. The Morgan fingerprint density at radius 3 is 2.56 bits per heavy atom. The second-order valence-corrected chi connectivity index (χ2v) is 3.48. The molecule has 88 valence electrons. The van der Waals surface area contributed by atoms with Crippen molar-refractivity contribution in [2.45, 2.75) is 32.8 Å². The van der Waals surface area contributed by atoms with Gasteiger partial charge in [0.15, 0.2) is 0 Å². The fourth-order valence-corrected chi connectivity index (χ4v) is 1.21. The molecule has 16 heavy (non-hydrogen) atoms. The lowest BCUT2D eigenvalue weighted by molar-refractivity contribution is 0.131. The molecule has 1 aromatic rings. The monoisotopic (exact) mass is 227 g/mol. The molecule has 0 radical (unpaired) electrons. The maximum Gasteiger partial charge on any atom is 0.142 e. The van der Waals surface area contributed by atoms with Crippen LogP contribution in [0.4, 0.5) is 8.78 Å². The van der Waals surface area contributed by atoms with E-state index in [2.05, 4.69) is 12.1 Å². The average Bonchev–Trinajstić information content (AvgIpc) is 2.22. The summed E-state index contributed by atoms with van der Waals surface area (Å²) in [4.78, 5) is 4.91. The zero-order valence-corrected chi connectivity index (χ0v) is 9.25. The summed E-state index contributed by atoms with van der Waals surface area (Å²) in [5.74, 6) is -1.21. The van der Waals surface area contributed by atoms with E-state index in [1.807, 2.05) is 0 Å². The second kappa shape index (κ2) is 6.93. The number of rotatable bonds is 6. The van der Waals surface area contributed by atoms with Crippen LogP contribution >= 0.6 is 0 Å². The normalized spacial score (nSPS) is 10.9. The van der Waals surface area contributed by atoms with E-state index in [1.165, 1.54) is 12.1 Å². The van der Waals surface area contributed by atoms with Crippen molar-refractivity contribution >= 4 is 6.21 Å². The molecular weight excluding hydrogens is 212 g/mol. The minimum absolute atomic E-state index is 0.0807. The first-order chi connectivity index (χ1) is 7.72. The van der Waals surface area contributed by atoms with Crippen molar-refractivity contribution < 1.29 is 13.6 Å². The summed E-state index contributed by atoms with van der Waals surface area (Å²) < 4.78 is 25.5. The fraction of sp³-hybridized carbons (Fsp3) is 0.417. The van der Waals surface area contributed by atoms with E-state index in [9.17, 15) is 8.78 Å². The van der Waals surface area contributed by atoms with Gasteiger partial charge in [-0.2, -0.15) is 0 Å². The third kappa shape index (κ3) is 4.87. The van der Waals surface area contributed by atoms with Gasteiger partial charge >= 0.3 is 0 Å². The summed E-state index contributed by atoms with van der Waals surface area (Å²) in [5.41, 5.74) is 0.435. The van der Waals surface area contributed by atoms with E-state index in [1.54, 1.807) is 6.21 Å². The van der Waals surface area contributed by atoms with Crippen LogP contribution in [0.15, 0.2) is 23.4 Å². The van der Waals surface area contributed by atoms with E-state index in [0.717, 1.165) is 25.3 Å². The third-order valence-corrected chi connectivity index (χ3v) is 1.99. The Bertz CT molecular complexity index is 333. The molecule has 0 saturated heterocycles.